The molecule has 0 bridgehead atoms. The van der Waals surface area contributed by atoms with E-state index in [0.29, 0.717) is 35.6 Å². The van der Waals surface area contributed by atoms with E-state index < -0.39 is 5.97 Å². The van der Waals surface area contributed by atoms with Crippen molar-refractivity contribution in [1.29, 1.82) is 0 Å². The number of carboxylic acids is 1. The molecule has 1 unspecified atom stereocenters. The van der Waals surface area contributed by atoms with Gasteiger partial charge in [0, 0.05) is 11.9 Å². The molecule has 0 aliphatic heterocycles. The van der Waals surface area contributed by atoms with Crippen LogP contribution in [-0.4, -0.2) is 34.6 Å². The molecule has 0 aliphatic carbocycles. The highest BCUT2D eigenvalue weighted by Gasteiger charge is 2.18. The number of likely N-dealkylation sites (N-methyl/N-ethyl adjacent to an activating group) is 1. The summed E-state index contributed by atoms with van der Waals surface area (Å²) in [7, 11) is 1.88. The van der Waals surface area contributed by atoms with Crippen LogP contribution in [0.1, 0.15) is 27.5 Å². The Morgan fingerprint density at radius 3 is 2.44 bits per heavy atom. The number of ether oxygens (including phenoxy) is 1. The molecule has 0 amide bonds. The maximum Gasteiger partial charge on any atom is 0.338 e. The molecule has 4 aromatic rings. The molecule has 0 fully saturated rings. The highest BCUT2D eigenvalue weighted by atomic mass is 16.5. The standard InChI is InChI=1S/C25H24N4O3/c1-26-14-22(18-10-6-3-7-11-18)29-24-20-12-19(32-15-17-8-4-2-5-9-17)13-21(25(30)31)23(20)27-16-28-24/h2-13,16,22,26H,14-15H2,1H3,(H,30,31)(H,27,28,29). The molecule has 3 N–H and O–H groups in total. The zero-order chi connectivity index (χ0) is 22.3. The fraction of sp³-hybridized carbons (Fsp3) is 0.160. The molecule has 0 radical (unpaired) electrons. The summed E-state index contributed by atoms with van der Waals surface area (Å²) in [5, 5.41) is 17.0. The number of aromatic nitrogens is 2. The number of fused-ring (bicyclic) bond motifs is 1. The van der Waals surface area contributed by atoms with Crippen LogP contribution in [0.2, 0.25) is 0 Å². The van der Waals surface area contributed by atoms with Gasteiger partial charge in [0.1, 0.15) is 24.5 Å². The van der Waals surface area contributed by atoms with E-state index in [1.165, 1.54) is 12.4 Å². The maximum atomic E-state index is 12.0. The number of rotatable bonds is 9. The molecule has 1 aromatic heterocycles. The second-order valence-electron chi connectivity index (χ2n) is 7.33. The SMILES string of the molecule is CNCC(Nc1ncnc2c(C(=O)O)cc(OCc3ccccc3)cc12)c1ccccc1. The van der Waals surface area contributed by atoms with E-state index in [-0.39, 0.29) is 11.6 Å². The summed E-state index contributed by atoms with van der Waals surface area (Å²) in [6.07, 6.45) is 1.38. The lowest BCUT2D eigenvalue weighted by molar-refractivity contribution is 0.0698. The van der Waals surface area contributed by atoms with Gasteiger partial charge in [0.05, 0.1) is 17.1 Å². The Hall–Kier alpha value is -3.97. The zero-order valence-corrected chi connectivity index (χ0v) is 17.7. The lowest BCUT2D eigenvalue weighted by Crippen LogP contribution is -2.24. The van der Waals surface area contributed by atoms with Gasteiger partial charge in [0.25, 0.3) is 0 Å². The molecule has 7 nitrogen and oxygen atoms in total. The van der Waals surface area contributed by atoms with Crippen LogP contribution >= 0.6 is 0 Å². The van der Waals surface area contributed by atoms with Crippen molar-refractivity contribution in [3.05, 3.63) is 95.8 Å². The first-order chi connectivity index (χ1) is 15.7. The minimum absolute atomic E-state index is 0.0681. The van der Waals surface area contributed by atoms with Crippen LogP contribution < -0.4 is 15.4 Å². The van der Waals surface area contributed by atoms with Crippen molar-refractivity contribution in [2.75, 3.05) is 18.9 Å². The number of carboxylic acid groups (broad SMARTS) is 1. The Bertz CT molecular complexity index is 1200. The van der Waals surface area contributed by atoms with Crippen molar-refractivity contribution >= 4 is 22.7 Å². The summed E-state index contributed by atoms with van der Waals surface area (Å²) in [6.45, 7) is 0.986. The molecule has 7 heteroatoms. The Kier molecular flexibility index (Phi) is 6.57. The van der Waals surface area contributed by atoms with Gasteiger partial charge in [-0.05, 0) is 30.3 Å². The number of anilines is 1. The summed E-state index contributed by atoms with van der Waals surface area (Å²) >= 11 is 0. The Labute approximate surface area is 186 Å². The third kappa shape index (κ3) is 4.84. The minimum atomic E-state index is -1.07. The van der Waals surface area contributed by atoms with E-state index >= 15 is 0 Å². The van der Waals surface area contributed by atoms with Crippen LogP contribution in [0, 0.1) is 0 Å². The minimum Gasteiger partial charge on any atom is -0.489 e. The molecule has 0 saturated heterocycles. The van der Waals surface area contributed by atoms with Crippen LogP contribution in [-0.2, 0) is 6.61 Å². The van der Waals surface area contributed by atoms with E-state index in [2.05, 4.69) is 20.6 Å². The van der Waals surface area contributed by atoms with Crippen molar-refractivity contribution < 1.29 is 14.6 Å². The quantitative estimate of drug-likeness (QED) is 0.366. The summed E-state index contributed by atoms with van der Waals surface area (Å²) in [6, 6.07) is 22.9. The first kappa shape index (κ1) is 21.3. The topological polar surface area (TPSA) is 96.4 Å². The maximum absolute atomic E-state index is 12.0. The van der Waals surface area contributed by atoms with Crippen molar-refractivity contribution in [3.8, 4) is 5.75 Å². The number of hydrogen-bond acceptors (Lipinski definition) is 6. The number of aromatic carboxylic acids is 1. The molecule has 162 valence electrons. The van der Waals surface area contributed by atoms with E-state index in [9.17, 15) is 9.90 Å². The highest BCUT2D eigenvalue weighted by Crippen LogP contribution is 2.30. The van der Waals surface area contributed by atoms with Gasteiger partial charge < -0.3 is 20.5 Å². The number of hydrogen-bond donors (Lipinski definition) is 3. The molecule has 0 aliphatic rings. The van der Waals surface area contributed by atoms with Crippen LogP contribution in [0.4, 0.5) is 5.82 Å². The van der Waals surface area contributed by atoms with Crippen LogP contribution in [0.3, 0.4) is 0 Å². The molecule has 32 heavy (non-hydrogen) atoms. The van der Waals surface area contributed by atoms with E-state index in [1.807, 2.05) is 67.7 Å². The fourth-order valence-electron chi connectivity index (χ4n) is 3.55. The smallest absolute Gasteiger partial charge is 0.338 e. The first-order valence-corrected chi connectivity index (χ1v) is 10.3. The van der Waals surface area contributed by atoms with E-state index in [0.717, 1.165) is 11.1 Å². The molecule has 0 saturated carbocycles. The van der Waals surface area contributed by atoms with Crippen molar-refractivity contribution in [3.63, 3.8) is 0 Å². The average Bonchev–Trinajstić information content (AvgIpc) is 2.83. The van der Waals surface area contributed by atoms with Gasteiger partial charge in [-0.2, -0.15) is 0 Å². The molecule has 0 spiro atoms. The first-order valence-electron chi connectivity index (χ1n) is 10.3. The molecule has 1 atom stereocenters. The van der Waals surface area contributed by atoms with E-state index in [4.69, 9.17) is 4.74 Å². The number of benzene rings is 3. The number of nitrogens with zero attached hydrogens (tertiary/aromatic N) is 2. The normalized spacial score (nSPS) is 11.8. The van der Waals surface area contributed by atoms with Crippen LogP contribution in [0.5, 0.6) is 5.75 Å². The number of carbonyl (C=O) groups is 1. The Balaban J connectivity index is 1.72. The van der Waals surface area contributed by atoms with E-state index in [1.54, 1.807) is 6.07 Å². The second-order valence-corrected chi connectivity index (χ2v) is 7.33. The predicted molar refractivity (Wildman–Crippen MR) is 124 cm³/mol. The van der Waals surface area contributed by atoms with Gasteiger partial charge in [0.2, 0.25) is 0 Å². The zero-order valence-electron chi connectivity index (χ0n) is 17.7. The van der Waals surface area contributed by atoms with Crippen molar-refractivity contribution in [2.24, 2.45) is 0 Å². The lowest BCUT2D eigenvalue weighted by Gasteiger charge is -2.21. The average molecular weight is 428 g/mol. The highest BCUT2D eigenvalue weighted by molar-refractivity contribution is 6.05. The Morgan fingerprint density at radius 2 is 1.75 bits per heavy atom. The third-order valence-corrected chi connectivity index (χ3v) is 5.11. The van der Waals surface area contributed by atoms with Gasteiger partial charge in [0.15, 0.2) is 0 Å². The lowest BCUT2D eigenvalue weighted by atomic mass is 10.1. The number of nitrogens with one attached hydrogen (secondary N) is 2. The second kappa shape index (κ2) is 9.89. The summed E-state index contributed by atoms with van der Waals surface area (Å²) < 4.78 is 5.92. The fourth-order valence-corrected chi connectivity index (χ4v) is 3.55. The third-order valence-electron chi connectivity index (χ3n) is 5.11. The van der Waals surface area contributed by atoms with Gasteiger partial charge in [-0.25, -0.2) is 14.8 Å². The largest absolute Gasteiger partial charge is 0.489 e. The molecule has 3 aromatic carbocycles. The van der Waals surface area contributed by atoms with Gasteiger partial charge in [-0.3, -0.25) is 0 Å². The molecular weight excluding hydrogens is 404 g/mol. The predicted octanol–water partition coefficient (Wildman–Crippen LogP) is 4.28. The molecule has 4 rings (SSSR count). The van der Waals surface area contributed by atoms with Gasteiger partial charge in [-0.1, -0.05) is 60.7 Å². The van der Waals surface area contributed by atoms with Gasteiger partial charge >= 0.3 is 5.97 Å². The molecule has 1 heterocycles. The van der Waals surface area contributed by atoms with Crippen LogP contribution in [0.15, 0.2) is 79.1 Å². The molecular formula is C25H24N4O3. The van der Waals surface area contributed by atoms with Crippen molar-refractivity contribution in [1.82, 2.24) is 15.3 Å². The monoisotopic (exact) mass is 428 g/mol. The Morgan fingerprint density at radius 1 is 1.03 bits per heavy atom. The summed E-state index contributed by atoms with van der Waals surface area (Å²) in [5.74, 6) is -0.0760. The summed E-state index contributed by atoms with van der Waals surface area (Å²) in [5.41, 5.74) is 2.51. The van der Waals surface area contributed by atoms with Crippen LogP contribution in [0.25, 0.3) is 10.9 Å². The van der Waals surface area contributed by atoms with Gasteiger partial charge in [-0.15, -0.1) is 0 Å². The van der Waals surface area contributed by atoms with Crippen molar-refractivity contribution in [2.45, 2.75) is 12.6 Å². The summed E-state index contributed by atoms with van der Waals surface area (Å²) in [4.78, 5) is 20.6.